The molecule has 0 unspecified atom stereocenters. The van der Waals surface area contributed by atoms with Crippen LogP contribution in [0.2, 0.25) is 0 Å². The molecule has 0 fully saturated rings. The number of aldehydes is 1. The van der Waals surface area contributed by atoms with Gasteiger partial charge in [-0.25, -0.2) is 0 Å². The molecule has 0 saturated carbocycles. The lowest BCUT2D eigenvalue weighted by Crippen LogP contribution is -2.58. The second-order valence-corrected chi connectivity index (χ2v) is 6.60. The van der Waals surface area contributed by atoms with Crippen LogP contribution in [0.3, 0.4) is 0 Å². The average Bonchev–Trinajstić information content (AvgIpc) is 2.70. The third kappa shape index (κ3) is 4.66. The zero-order valence-corrected chi connectivity index (χ0v) is 14.8. The molecule has 26 heavy (non-hydrogen) atoms. The number of hydrogen-bond donors (Lipinski definition) is 1. The summed E-state index contributed by atoms with van der Waals surface area (Å²) in [5.74, 6) is 0. The summed E-state index contributed by atoms with van der Waals surface area (Å²) in [6.45, 7) is 1.22. The fourth-order valence-electron chi connectivity index (χ4n) is 3.11. The Morgan fingerprint density at radius 3 is 1.46 bits per heavy atom. The minimum Gasteiger partial charge on any atom is -0.307 e. The van der Waals surface area contributed by atoms with E-state index in [1.54, 1.807) is 0 Å². The lowest BCUT2D eigenvalue weighted by Gasteiger charge is -2.37. The van der Waals surface area contributed by atoms with Gasteiger partial charge in [-0.1, -0.05) is 91.0 Å². The Labute approximate surface area is 155 Å². The van der Waals surface area contributed by atoms with Gasteiger partial charge in [0.2, 0.25) is 0 Å². The average molecular weight is 344 g/mol. The Hall–Kier alpha value is -2.75. The summed E-state index contributed by atoms with van der Waals surface area (Å²) in [5, 5.41) is 0. The van der Waals surface area contributed by atoms with Gasteiger partial charge in [-0.2, -0.15) is 0 Å². The molecule has 3 aromatic rings. The van der Waals surface area contributed by atoms with Crippen LogP contribution in [0.1, 0.15) is 16.7 Å². The first-order chi connectivity index (χ1) is 12.7. The fraction of sp³-hybridized carbons (Fsp3) is 0.174. The van der Waals surface area contributed by atoms with Gasteiger partial charge >= 0.3 is 0 Å². The van der Waals surface area contributed by atoms with Crippen LogP contribution in [0.15, 0.2) is 91.0 Å². The van der Waals surface area contributed by atoms with Crippen LogP contribution in [-0.2, 0) is 24.3 Å². The van der Waals surface area contributed by atoms with E-state index in [0.717, 1.165) is 23.0 Å². The maximum atomic E-state index is 12.1. The molecule has 1 atom stereocenters. The molecule has 3 heteroatoms. The van der Waals surface area contributed by atoms with Crippen molar-refractivity contribution >= 4 is 6.29 Å². The van der Waals surface area contributed by atoms with E-state index in [1.807, 2.05) is 66.7 Å². The Morgan fingerprint density at radius 1 is 0.692 bits per heavy atom. The van der Waals surface area contributed by atoms with Gasteiger partial charge in [0.15, 0.2) is 6.29 Å². The predicted molar refractivity (Wildman–Crippen MR) is 105 cm³/mol. The van der Waals surface area contributed by atoms with Crippen molar-refractivity contribution in [2.75, 3.05) is 0 Å². The maximum absolute atomic E-state index is 12.1. The summed E-state index contributed by atoms with van der Waals surface area (Å²) in [4.78, 5) is 14.1. The van der Waals surface area contributed by atoms with Crippen molar-refractivity contribution in [3.05, 3.63) is 108 Å². The zero-order chi connectivity index (χ0) is 18.2. The molecule has 3 aromatic carbocycles. The Balaban J connectivity index is 1.89. The molecule has 0 heterocycles. The van der Waals surface area contributed by atoms with Crippen molar-refractivity contribution < 1.29 is 4.79 Å². The quantitative estimate of drug-likeness (QED) is 0.500. The molecule has 3 nitrogen and oxygen atoms in total. The van der Waals surface area contributed by atoms with E-state index in [2.05, 4.69) is 29.2 Å². The minimum absolute atomic E-state index is 0.469. The topological polar surface area (TPSA) is 46.3 Å². The first kappa shape index (κ1) is 18.1. The molecule has 0 aliphatic carbocycles. The highest BCUT2D eigenvalue weighted by Crippen LogP contribution is 2.20. The highest BCUT2D eigenvalue weighted by Gasteiger charge is 2.32. The van der Waals surface area contributed by atoms with Crippen LogP contribution in [0, 0.1) is 0 Å². The zero-order valence-electron chi connectivity index (χ0n) is 14.8. The van der Waals surface area contributed by atoms with Gasteiger partial charge < -0.3 is 5.73 Å². The van der Waals surface area contributed by atoms with E-state index in [4.69, 9.17) is 5.73 Å². The summed E-state index contributed by atoms with van der Waals surface area (Å²) in [6, 6.07) is 30.2. The lowest BCUT2D eigenvalue weighted by molar-refractivity contribution is -0.119. The third-order valence-corrected chi connectivity index (χ3v) is 4.56. The van der Waals surface area contributed by atoms with Crippen molar-refractivity contribution in [1.82, 2.24) is 4.90 Å². The summed E-state index contributed by atoms with van der Waals surface area (Å²) in [6.07, 6.45) is 1.35. The van der Waals surface area contributed by atoms with Gasteiger partial charge in [-0.05, 0) is 16.7 Å². The fourth-order valence-corrected chi connectivity index (χ4v) is 3.11. The highest BCUT2D eigenvalue weighted by molar-refractivity contribution is 5.64. The van der Waals surface area contributed by atoms with E-state index >= 15 is 0 Å². The number of hydrogen-bond acceptors (Lipinski definition) is 3. The molecule has 0 aliphatic heterocycles. The van der Waals surface area contributed by atoms with Crippen molar-refractivity contribution in [2.24, 2.45) is 5.73 Å². The molecule has 0 saturated heterocycles. The number of carbonyl (C=O) groups excluding carboxylic acids is 1. The summed E-state index contributed by atoms with van der Waals surface area (Å²) in [7, 11) is 0. The minimum atomic E-state index is -1.08. The monoisotopic (exact) mass is 344 g/mol. The molecule has 0 spiro atoms. The predicted octanol–water partition coefficient (Wildman–Crippen LogP) is 3.79. The van der Waals surface area contributed by atoms with Gasteiger partial charge in [0.25, 0.3) is 0 Å². The Bertz CT molecular complexity index is 764. The van der Waals surface area contributed by atoms with E-state index in [0.29, 0.717) is 19.5 Å². The molecular weight excluding hydrogens is 320 g/mol. The SMILES string of the molecule is N[C@@](C=O)(Cc1ccccc1)N(Cc1ccccc1)Cc1ccccc1. The molecule has 3 rings (SSSR count). The van der Waals surface area contributed by atoms with Gasteiger partial charge in [-0.3, -0.25) is 9.69 Å². The molecule has 0 bridgehead atoms. The lowest BCUT2D eigenvalue weighted by atomic mass is 9.98. The summed E-state index contributed by atoms with van der Waals surface area (Å²) in [5.41, 5.74) is 8.87. The molecule has 0 radical (unpaired) electrons. The van der Waals surface area contributed by atoms with Gasteiger partial charge in [0.05, 0.1) is 0 Å². The first-order valence-corrected chi connectivity index (χ1v) is 8.82. The van der Waals surface area contributed by atoms with Gasteiger partial charge in [0.1, 0.15) is 5.66 Å². The Kier molecular flexibility index (Phi) is 5.95. The third-order valence-electron chi connectivity index (χ3n) is 4.56. The van der Waals surface area contributed by atoms with Gasteiger partial charge in [-0.15, -0.1) is 0 Å². The number of nitrogens with two attached hydrogens (primary N) is 1. The van der Waals surface area contributed by atoms with Crippen molar-refractivity contribution in [2.45, 2.75) is 25.2 Å². The van der Waals surface area contributed by atoms with E-state index in [1.165, 1.54) is 0 Å². The van der Waals surface area contributed by atoms with Crippen LogP contribution in [0.5, 0.6) is 0 Å². The van der Waals surface area contributed by atoms with E-state index < -0.39 is 5.66 Å². The number of nitrogens with zero attached hydrogens (tertiary/aromatic N) is 1. The molecule has 0 aromatic heterocycles. The molecule has 0 aliphatic rings. The molecular formula is C23H24N2O. The standard InChI is InChI=1S/C23H24N2O/c24-23(19-26,16-20-10-4-1-5-11-20)25(17-21-12-6-2-7-13-21)18-22-14-8-3-9-15-22/h1-15,19H,16-18,24H2/t23-/m0/s1. The summed E-state index contributed by atoms with van der Waals surface area (Å²) < 4.78 is 0. The highest BCUT2D eigenvalue weighted by atomic mass is 16.1. The number of rotatable bonds is 8. The van der Waals surface area contributed by atoms with Crippen molar-refractivity contribution in [3.8, 4) is 0 Å². The van der Waals surface area contributed by atoms with Gasteiger partial charge in [0, 0.05) is 19.5 Å². The molecule has 0 amide bonds. The first-order valence-electron chi connectivity index (χ1n) is 8.82. The normalized spacial score (nSPS) is 13.3. The number of benzene rings is 3. The maximum Gasteiger partial charge on any atom is 0.155 e. The van der Waals surface area contributed by atoms with Crippen LogP contribution < -0.4 is 5.73 Å². The smallest absolute Gasteiger partial charge is 0.155 e. The van der Waals surface area contributed by atoms with Crippen molar-refractivity contribution in [1.29, 1.82) is 0 Å². The molecule has 2 N–H and O–H groups in total. The van der Waals surface area contributed by atoms with Crippen LogP contribution in [0.25, 0.3) is 0 Å². The molecule has 132 valence electrons. The number of carbonyl (C=O) groups is 1. The second-order valence-electron chi connectivity index (χ2n) is 6.60. The van der Waals surface area contributed by atoms with E-state index in [-0.39, 0.29) is 0 Å². The second kappa shape index (κ2) is 8.56. The summed E-state index contributed by atoms with van der Waals surface area (Å²) >= 11 is 0. The van der Waals surface area contributed by atoms with Crippen LogP contribution >= 0.6 is 0 Å². The van der Waals surface area contributed by atoms with E-state index in [9.17, 15) is 4.79 Å². The van der Waals surface area contributed by atoms with Crippen LogP contribution in [-0.4, -0.2) is 16.8 Å². The largest absolute Gasteiger partial charge is 0.307 e. The van der Waals surface area contributed by atoms with Crippen LogP contribution in [0.4, 0.5) is 0 Å². The van der Waals surface area contributed by atoms with Crippen molar-refractivity contribution in [3.63, 3.8) is 0 Å². The Morgan fingerprint density at radius 2 is 1.08 bits per heavy atom.